The molecule has 0 aliphatic heterocycles. The van der Waals surface area contributed by atoms with Crippen LogP contribution in [0.15, 0.2) is 42.7 Å². The zero-order valence-corrected chi connectivity index (χ0v) is 11.8. The maximum absolute atomic E-state index is 12.0. The van der Waals surface area contributed by atoms with Gasteiger partial charge in [-0.3, -0.25) is 4.79 Å². The van der Waals surface area contributed by atoms with E-state index in [0.717, 1.165) is 10.9 Å². The molecule has 0 saturated carbocycles. The highest BCUT2D eigenvalue weighted by Gasteiger charge is 2.11. The van der Waals surface area contributed by atoms with Crippen molar-refractivity contribution in [2.75, 3.05) is 6.61 Å². The van der Waals surface area contributed by atoms with Crippen LogP contribution in [0.4, 0.5) is 0 Å². The van der Waals surface area contributed by atoms with Gasteiger partial charge in [0.15, 0.2) is 6.61 Å². The van der Waals surface area contributed by atoms with Gasteiger partial charge in [-0.05, 0) is 24.3 Å². The lowest BCUT2D eigenvalue weighted by molar-refractivity contribution is 0.0923. The lowest BCUT2D eigenvalue weighted by Gasteiger charge is -2.06. The summed E-state index contributed by atoms with van der Waals surface area (Å²) < 4.78 is 6.09. The minimum Gasteiger partial charge on any atom is -0.469 e. The molecular weight excluding hydrogens is 296 g/mol. The number of carbonyl (C=O) groups is 1. The van der Waals surface area contributed by atoms with Crippen LogP contribution in [-0.2, 0) is 0 Å². The second-order valence-electron chi connectivity index (χ2n) is 4.01. The summed E-state index contributed by atoms with van der Waals surface area (Å²) in [7, 11) is 0. The SMILES string of the molecule is O=C(COc1ncnc2ccccc12)c1ccc(Cl)s1. The third kappa shape index (κ3) is 2.64. The Kier molecular flexibility index (Phi) is 3.62. The first-order chi connectivity index (χ1) is 9.74. The van der Waals surface area contributed by atoms with Crippen LogP contribution in [0, 0.1) is 0 Å². The van der Waals surface area contributed by atoms with Gasteiger partial charge >= 0.3 is 0 Å². The average molecular weight is 305 g/mol. The number of ether oxygens (including phenoxy) is 1. The zero-order valence-electron chi connectivity index (χ0n) is 10.2. The maximum atomic E-state index is 12.0. The van der Waals surface area contributed by atoms with E-state index in [1.165, 1.54) is 17.7 Å². The summed E-state index contributed by atoms with van der Waals surface area (Å²) in [5, 5.41) is 0.784. The highest BCUT2D eigenvalue weighted by molar-refractivity contribution is 7.18. The molecular formula is C14H9ClN2O2S. The number of aromatic nitrogens is 2. The molecule has 0 amide bonds. The van der Waals surface area contributed by atoms with Gasteiger partial charge < -0.3 is 4.74 Å². The fraction of sp³-hybridized carbons (Fsp3) is 0.0714. The summed E-state index contributed by atoms with van der Waals surface area (Å²) in [6.07, 6.45) is 1.42. The fourth-order valence-electron chi connectivity index (χ4n) is 1.76. The van der Waals surface area contributed by atoms with E-state index in [2.05, 4.69) is 9.97 Å². The number of carbonyl (C=O) groups excluding carboxylic acids is 1. The third-order valence-corrected chi connectivity index (χ3v) is 3.97. The summed E-state index contributed by atoms with van der Waals surface area (Å²) >= 11 is 7.04. The molecule has 0 aliphatic carbocycles. The van der Waals surface area contributed by atoms with E-state index in [0.29, 0.717) is 15.1 Å². The van der Waals surface area contributed by atoms with Crippen LogP contribution in [-0.4, -0.2) is 22.4 Å². The molecule has 0 unspecified atom stereocenters. The highest BCUT2D eigenvalue weighted by Crippen LogP contribution is 2.23. The predicted molar refractivity (Wildman–Crippen MR) is 78.7 cm³/mol. The van der Waals surface area contributed by atoms with E-state index in [4.69, 9.17) is 16.3 Å². The molecule has 4 nitrogen and oxygen atoms in total. The first kappa shape index (κ1) is 13.0. The number of Topliss-reactive ketones (excluding diaryl/α,β-unsaturated/α-hetero) is 1. The van der Waals surface area contributed by atoms with Crippen LogP contribution >= 0.6 is 22.9 Å². The Morgan fingerprint density at radius 3 is 2.85 bits per heavy atom. The van der Waals surface area contributed by atoms with Crippen molar-refractivity contribution in [2.24, 2.45) is 0 Å². The molecule has 3 rings (SSSR count). The van der Waals surface area contributed by atoms with Crippen molar-refractivity contribution < 1.29 is 9.53 Å². The van der Waals surface area contributed by atoms with Gasteiger partial charge in [-0.1, -0.05) is 23.7 Å². The van der Waals surface area contributed by atoms with Crippen LogP contribution in [0.1, 0.15) is 9.67 Å². The van der Waals surface area contributed by atoms with E-state index < -0.39 is 0 Å². The Morgan fingerprint density at radius 2 is 2.05 bits per heavy atom. The Balaban J connectivity index is 1.79. The minimum absolute atomic E-state index is 0.0716. The molecule has 2 heterocycles. The lowest BCUT2D eigenvalue weighted by Crippen LogP contribution is -2.11. The Bertz CT molecular complexity index is 767. The van der Waals surface area contributed by atoms with E-state index in [1.54, 1.807) is 12.1 Å². The number of hydrogen-bond acceptors (Lipinski definition) is 5. The van der Waals surface area contributed by atoms with Crippen molar-refractivity contribution in [1.82, 2.24) is 9.97 Å². The molecule has 2 aromatic heterocycles. The zero-order chi connectivity index (χ0) is 13.9. The van der Waals surface area contributed by atoms with Crippen molar-refractivity contribution in [2.45, 2.75) is 0 Å². The maximum Gasteiger partial charge on any atom is 0.224 e. The van der Waals surface area contributed by atoms with Crippen molar-refractivity contribution >= 4 is 39.6 Å². The number of halogens is 1. The molecule has 0 fully saturated rings. The average Bonchev–Trinajstić information content (AvgIpc) is 2.91. The van der Waals surface area contributed by atoms with Crippen molar-refractivity contribution in [1.29, 1.82) is 0 Å². The first-order valence-electron chi connectivity index (χ1n) is 5.85. The number of para-hydroxylation sites is 1. The van der Waals surface area contributed by atoms with Gasteiger partial charge in [0.1, 0.15) is 6.33 Å². The Labute approximate surface area is 124 Å². The van der Waals surface area contributed by atoms with Gasteiger partial charge in [0.25, 0.3) is 0 Å². The van der Waals surface area contributed by atoms with Crippen LogP contribution in [0.2, 0.25) is 4.34 Å². The quantitative estimate of drug-likeness (QED) is 0.691. The summed E-state index contributed by atoms with van der Waals surface area (Å²) in [4.78, 5) is 20.7. The number of thiophene rings is 1. The van der Waals surface area contributed by atoms with E-state index in [1.807, 2.05) is 24.3 Å². The number of benzene rings is 1. The third-order valence-electron chi connectivity index (χ3n) is 2.69. The number of hydrogen-bond donors (Lipinski definition) is 0. The normalized spacial score (nSPS) is 10.7. The van der Waals surface area contributed by atoms with Gasteiger partial charge in [-0.25, -0.2) is 9.97 Å². The molecule has 6 heteroatoms. The topological polar surface area (TPSA) is 52.1 Å². The Hall–Kier alpha value is -1.98. The van der Waals surface area contributed by atoms with Gasteiger partial charge in [0, 0.05) is 0 Å². The second kappa shape index (κ2) is 5.56. The van der Waals surface area contributed by atoms with Crippen molar-refractivity contribution in [3.8, 4) is 5.88 Å². The van der Waals surface area contributed by atoms with Crippen molar-refractivity contribution in [3.05, 3.63) is 51.9 Å². The van der Waals surface area contributed by atoms with Crippen LogP contribution in [0.25, 0.3) is 10.9 Å². The number of fused-ring (bicyclic) bond motifs is 1. The second-order valence-corrected chi connectivity index (χ2v) is 5.73. The van der Waals surface area contributed by atoms with Crippen LogP contribution in [0.5, 0.6) is 5.88 Å². The van der Waals surface area contributed by atoms with Gasteiger partial charge in [0.05, 0.1) is 20.1 Å². The molecule has 1 aromatic carbocycles. The van der Waals surface area contributed by atoms with Gasteiger partial charge in [-0.2, -0.15) is 0 Å². The molecule has 0 atom stereocenters. The van der Waals surface area contributed by atoms with E-state index in [-0.39, 0.29) is 12.4 Å². The highest BCUT2D eigenvalue weighted by atomic mass is 35.5. The largest absolute Gasteiger partial charge is 0.469 e. The van der Waals surface area contributed by atoms with Crippen LogP contribution in [0.3, 0.4) is 0 Å². The summed E-state index contributed by atoms with van der Waals surface area (Å²) in [5.74, 6) is 0.288. The molecule has 20 heavy (non-hydrogen) atoms. The Morgan fingerprint density at radius 1 is 1.20 bits per heavy atom. The number of ketones is 1. The monoisotopic (exact) mass is 304 g/mol. The standard InChI is InChI=1S/C14H9ClN2O2S/c15-13-6-5-12(20-13)11(18)7-19-14-9-3-1-2-4-10(9)16-8-17-14/h1-6,8H,7H2. The molecule has 0 radical (unpaired) electrons. The smallest absolute Gasteiger partial charge is 0.224 e. The van der Waals surface area contributed by atoms with Crippen molar-refractivity contribution in [3.63, 3.8) is 0 Å². The number of rotatable bonds is 4. The summed E-state index contributed by atoms with van der Waals surface area (Å²) in [6.45, 7) is -0.0716. The molecule has 0 aliphatic rings. The molecule has 100 valence electrons. The van der Waals surface area contributed by atoms with Gasteiger partial charge in [0.2, 0.25) is 11.7 Å². The van der Waals surface area contributed by atoms with E-state index >= 15 is 0 Å². The molecule has 0 bridgehead atoms. The van der Waals surface area contributed by atoms with E-state index in [9.17, 15) is 4.79 Å². The number of nitrogens with zero attached hydrogens (tertiary/aromatic N) is 2. The molecule has 0 spiro atoms. The van der Waals surface area contributed by atoms with Crippen LogP contribution < -0.4 is 4.74 Å². The fourth-order valence-corrected chi connectivity index (χ4v) is 2.73. The van der Waals surface area contributed by atoms with Gasteiger partial charge in [-0.15, -0.1) is 11.3 Å². The first-order valence-corrected chi connectivity index (χ1v) is 7.04. The molecule has 0 N–H and O–H groups in total. The summed E-state index contributed by atoms with van der Waals surface area (Å²) in [5.41, 5.74) is 0.782. The predicted octanol–water partition coefficient (Wildman–Crippen LogP) is 3.61. The summed E-state index contributed by atoms with van der Waals surface area (Å²) in [6, 6.07) is 10.9. The lowest BCUT2D eigenvalue weighted by atomic mass is 10.2. The minimum atomic E-state index is -0.121. The molecule has 0 saturated heterocycles. The molecule has 3 aromatic rings.